The second kappa shape index (κ2) is 4.06. The average Bonchev–Trinajstić information content (AvgIpc) is 2.95. The maximum absolute atomic E-state index is 12.4. The molecule has 2 aliphatic rings. The van der Waals surface area contributed by atoms with Crippen LogP contribution in [0.4, 0.5) is 5.69 Å². The number of rotatable bonds is 1. The highest BCUT2D eigenvalue weighted by atomic mass is 16.2. The van der Waals surface area contributed by atoms with Crippen LogP contribution in [0.5, 0.6) is 0 Å². The second-order valence-electron chi connectivity index (χ2n) is 5.04. The van der Waals surface area contributed by atoms with E-state index in [0.29, 0.717) is 6.04 Å². The number of fused-ring (bicyclic) bond motifs is 1. The summed E-state index contributed by atoms with van der Waals surface area (Å²) in [5, 5.41) is 3.32. The van der Waals surface area contributed by atoms with Gasteiger partial charge in [-0.2, -0.15) is 0 Å². The van der Waals surface area contributed by atoms with Crippen molar-refractivity contribution in [2.24, 2.45) is 0 Å². The lowest BCUT2D eigenvalue weighted by Crippen LogP contribution is -2.33. The lowest BCUT2D eigenvalue weighted by Gasteiger charge is -2.21. The first kappa shape index (κ1) is 10.6. The molecule has 1 unspecified atom stereocenters. The van der Waals surface area contributed by atoms with E-state index in [4.69, 9.17) is 0 Å². The highest BCUT2D eigenvalue weighted by Crippen LogP contribution is 2.25. The Morgan fingerprint density at radius 3 is 3.12 bits per heavy atom. The summed E-state index contributed by atoms with van der Waals surface area (Å²) >= 11 is 0. The van der Waals surface area contributed by atoms with Crippen LogP contribution in [0, 0.1) is 0 Å². The Hall–Kier alpha value is -1.51. The van der Waals surface area contributed by atoms with Crippen molar-refractivity contribution in [3.63, 3.8) is 0 Å². The smallest absolute Gasteiger partial charge is 0.254 e. The van der Waals surface area contributed by atoms with Gasteiger partial charge < -0.3 is 10.2 Å². The third-order valence-electron chi connectivity index (χ3n) is 3.88. The zero-order valence-corrected chi connectivity index (χ0v) is 10.2. The molecule has 1 saturated heterocycles. The zero-order valence-electron chi connectivity index (χ0n) is 10.2. The molecule has 90 valence electrons. The summed E-state index contributed by atoms with van der Waals surface area (Å²) in [5.74, 6) is 0.199. The topological polar surface area (TPSA) is 32.3 Å². The number of anilines is 1. The summed E-state index contributed by atoms with van der Waals surface area (Å²) in [5.41, 5.74) is 3.32. The number of likely N-dealkylation sites (tertiary alicyclic amines) is 1. The quantitative estimate of drug-likeness (QED) is 0.802. The maximum atomic E-state index is 12.4. The third-order valence-corrected chi connectivity index (χ3v) is 3.88. The van der Waals surface area contributed by atoms with Crippen LogP contribution >= 0.6 is 0 Å². The first-order valence-electron chi connectivity index (χ1n) is 6.43. The van der Waals surface area contributed by atoms with E-state index in [-0.39, 0.29) is 5.91 Å². The molecule has 2 aliphatic heterocycles. The Morgan fingerprint density at radius 1 is 1.47 bits per heavy atom. The zero-order chi connectivity index (χ0) is 11.8. The number of carbonyl (C=O) groups is 1. The van der Waals surface area contributed by atoms with Gasteiger partial charge in [0.1, 0.15) is 0 Å². The molecule has 3 nitrogen and oxygen atoms in total. The van der Waals surface area contributed by atoms with Gasteiger partial charge >= 0.3 is 0 Å². The molecular weight excluding hydrogens is 212 g/mol. The van der Waals surface area contributed by atoms with Gasteiger partial charge in [-0.05, 0) is 49.9 Å². The van der Waals surface area contributed by atoms with Crippen LogP contribution in [0.25, 0.3) is 0 Å². The minimum atomic E-state index is 0.199. The number of carbonyl (C=O) groups excluding carboxylic acids is 1. The molecule has 0 aliphatic carbocycles. The predicted octanol–water partition coefficient (Wildman–Crippen LogP) is 2.28. The Morgan fingerprint density at radius 2 is 2.35 bits per heavy atom. The molecule has 0 saturated carbocycles. The summed E-state index contributed by atoms with van der Waals surface area (Å²) in [6.45, 7) is 4.04. The molecule has 2 heterocycles. The predicted molar refractivity (Wildman–Crippen MR) is 68.4 cm³/mol. The summed E-state index contributed by atoms with van der Waals surface area (Å²) in [6, 6.07) is 6.44. The maximum Gasteiger partial charge on any atom is 0.254 e. The molecule has 17 heavy (non-hydrogen) atoms. The Kier molecular flexibility index (Phi) is 2.54. The molecule has 1 aromatic carbocycles. The van der Waals surface area contributed by atoms with E-state index in [9.17, 15) is 4.79 Å². The summed E-state index contributed by atoms with van der Waals surface area (Å²) < 4.78 is 0. The lowest BCUT2D eigenvalue weighted by atomic mass is 10.1. The molecular formula is C14H18N2O. The number of benzene rings is 1. The van der Waals surface area contributed by atoms with E-state index in [2.05, 4.69) is 18.3 Å². The number of amides is 1. The number of nitrogens with zero attached hydrogens (tertiary/aromatic N) is 1. The molecule has 3 rings (SSSR count). The summed E-state index contributed by atoms with van der Waals surface area (Å²) in [6.07, 6.45) is 3.31. The molecule has 0 bridgehead atoms. The fourth-order valence-corrected chi connectivity index (χ4v) is 2.84. The molecule has 1 amide bonds. The van der Waals surface area contributed by atoms with Gasteiger partial charge in [0.05, 0.1) is 0 Å². The molecule has 0 aromatic heterocycles. The molecule has 1 aromatic rings. The van der Waals surface area contributed by atoms with Gasteiger partial charge in [-0.15, -0.1) is 0 Å². The van der Waals surface area contributed by atoms with Gasteiger partial charge in [-0.3, -0.25) is 4.79 Å². The van der Waals surface area contributed by atoms with Gasteiger partial charge in [-0.1, -0.05) is 0 Å². The van der Waals surface area contributed by atoms with E-state index in [1.807, 2.05) is 17.0 Å². The van der Waals surface area contributed by atoms with Crippen LogP contribution < -0.4 is 5.32 Å². The highest BCUT2D eigenvalue weighted by Gasteiger charge is 2.26. The van der Waals surface area contributed by atoms with Gasteiger partial charge in [0.15, 0.2) is 0 Å². The summed E-state index contributed by atoms with van der Waals surface area (Å²) in [4.78, 5) is 14.4. The monoisotopic (exact) mass is 230 g/mol. The van der Waals surface area contributed by atoms with E-state index in [1.165, 1.54) is 11.3 Å². The van der Waals surface area contributed by atoms with Crippen LogP contribution in [-0.2, 0) is 6.42 Å². The normalized spacial score (nSPS) is 22.4. The minimum Gasteiger partial charge on any atom is -0.384 e. The first-order valence-corrected chi connectivity index (χ1v) is 6.43. The van der Waals surface area contributed by atoms with Crippen molar-refractivity contribution in [2.75, 3.05) is 18.4 Å². The van der Waals surface area contributed by atoms with E-state index in [1.54, 1.807) is 0 Å². The number of nitrogens with one attached hydrogen (secondary N) is 1. The molecule has 3 heteroatoms. The van der Waals surface area contributed by atoms with Crippen molar-refractivity contribution in [1.82, 2.24) is 4.90 Å². The van der Waals surface area contributed by atoms with Crippen molar-refractivity contribution < 1.29 is 4.79 Å². The largest absolute Gasteiger partial charge is 0.384 e. The van der Waals surface area contributed by atoms with E-state index in [0.717, 1.165) is 37.9 Å². The van der Waals surface area contributed by atoms with Gasteiger partial charge in [0, 0.05) is 30.4 Å². The Balaban J connectivity index is 1.86. The van der Waals surface area contributed by atoms with Crippen LogP contribution in [0.2, 0.25) is 0 Å². The molecule has 1 N–H and O–H groups in total. The Labute approximate surface area is 102 Å². The average molecular weight is 230 g/mol. The van der Waals surface area contributed by atoms with E-state index < -0.39 is 0 Å². The van der Waals surface area contributed by atoms with Crippen LogP contribution in [0.1, 0.15) is 35.7 Å². The molecule has 0 radical (unpaired) electrons. The minimum absolute atomic E-state index is 0.199. The van der Waals surface area contributed by atoms with Gasteiger partial charge in [0.2, 0.25) is 0 Å². The van der Waals surface area contributed by atoms with Crippen molar-refractivity contribution in [2.45, 2.75) is 32.2 Å². The SMILES string of the molecule is CC1CCCN1C(=O)c1ccc2c(c1)CCN2. The van der Waals surface area contributed by atoms with Crippen molar-refractivity contribution in [3.8, 4) is 0 Å². The highest BCUT2D eigenvalue weighted by molar-refractivity contribution is 5.95. The third kappa shape index (κ3) is 1.79. The van der Waals surface area contributed by atoms with Crippen molar-refractivity contribution in [3.05, 3.63) is 29.3 Å². The van der Waals surface area contributed by atoms with Crippen molar-refractivity contribution in [1.29, 1.82) is 0 Å². The number of hydrogen-bond donors (Lipinski definition) is 1. The molecule has 1 atom stereocenters. The van der Waals surface area contributed by atoms with Crippen molar-refractivity contribution >= 4 is 11.6 Å². The molecule has 1 fully saturated rings. The number of hydrogen-bond acceptors (Lipinski definition) is 2. The molecule has 0 spiro atoms. The fraction of sp³-hybridized carbons (Fsp3) is 0.500. The lowest BCUT2D eigenvalue weighted by molar-refractivity contribution is 0.0747. The fourth-order valence-electron chi connectivity index (χ4n) is 2.84. The second-order valence-corrected chi connectivity index (χ2v) is 5.04. The van der Waals surface area contributed by atoms with Crippen LogP contribution in [0.15, 0.2) is 18.2 Å². The summed E-state index contributed by atoms with van der Waals surface area (Å²) in [7, 11) is 0. The van der Waals surface area contributed by atoms with Crippen LogP contribution in [0.3, 0.4) is 0 Å². The van der Waals surface area contributed by atoms with E-state index >= 15 is 0 Å². The Bertz CT molecular complexity index is 456. The first-order chi connectivity index (χ1) is 8.25. The van der Waals surface area contributed by atoms with Crippen LogP contribution in [-0.4, -0.2) is 29.9 Å². The van der Waals surface area contributed by atoms with Gasteiger partial charge in [-0.25, -0.2) is 0 Å². The standard InChI is InChI=1S/C14H18N2O/c1-10-3-2-8-16(10)14(17)12-4-5-13-11(9-12)6-7-15-13/h4-5,9-10,15H,2-3,6-8H2,1H3. The van der Waals surface area contributed by atoms with Gasteiger partial charge in [0.25, 0.3) is 5.91 Å².